The van der Waals surface area contributed by atoms with Gasteiger partial charge in [0.2, 0.25) is 0 Å². The molecule has 0 aromatic heterocycles. The van der Waals surface area contributed by atoms with Gasteiger partial charge < -0.3 is 10.6 Å². The highest BCUT2D eigenvalue weighted by molar-refractivity contribution is 5.52. The number of hydrogen-bond donors (Lipinski definition) is 1. The maximum absolute atomic E-state index is 5.68. The molecule has 1 fully saturated rings. The lowest BCUT2D eigenvalue weighted by atomic mass is 10.1. The van der Waals surface area contributed by atoms with Crippen LogP contribution in [0.2, 0.25) is 0 Å². The zero-order chi connectivity index (χ0) is 11.5. The third-order valence-electron chi connectivity index (χ3n) is 3.70. The molecule has 88 valence electrons. The Labute approximate surface area is 98.4 Å². The molecule has 2 heteroatoms. The van der Waals surface area contributed by atoms with Crippen LogP contribution < -0.4 is 10.6 Å². The van der Waals surface area contributed by atoms with Crippen LogP contribution in [0.5, 0.6) is 0 Å². The molecule has 1 aliphatic heterocycles. The van der Waals surface area contributed by atoms with Gasteiger partial charge in [-0.3, -0.25) is 0 Å². The Kier molecular flexibility index (Phi) is 3.49. The first-order chi connectivity index (χ1) is 7.72. The van der Waals surface area contributed by atoms with Gasteiger partial charge >= 0.3 is 0 Å². The maximum Gasteiger partial charge on any atom is 0.0371 e. The molecule has 0 radical (unpaired) electrons. The average molecular weight is 218 g/mol. The van der Waals surface area contributed by atoms with Crippen molar-refractivity contribution in [1.29, 1.82) is 0 Å². The monoisotopic (exact) mass is 218 g/mol. The van der Waals surface area contributed by atoms with E-state index in [0.717, 1.165) is 13.0 Å². The smallest absolute Gasteiger partial charge is 0.0371 e. The van der Waals surface area contributed by atoms with E-state index in [1.165, 1.54) is 36.2 Å². The van der Waals surface area contributed by atoms with E-state index in [0.29, 0.717) is 6.04 Å². The fourth-order valence-electron chi connectivity index (χ4n) is 2.57. The van der Waals surface area contributed by atoms with Crippen molar-refractivity contribution in [2.45, 2.75) is 39.2 Å². The van der Waals surface area contributed by atoms with Crippen molar-refractivity contribution >= 4 is 5.69 Å². The first kappa shape index (κ1) is 11.5. The van der Waals surface area contributed by atoms with E-state index in [9.17, 15) is 0 Å². The predicted molar refractivity (Wildman–Crippen MR) is 70.0 cm³/mol. The van der Waals surface area contributed by atoms with E-state index in [2.05, 4.69) is 36.9 Å². The normalized spacial score (nSPS) is 20.4. The molecule has 16 heavy (non-hydrogen) atoms. The predicted octanol–water partition coefficient (Wildman–Crippen LogP) is 2.62. The molecule has 1 unspecified atom stereocenters. The van der Waals surface area contributed by atoms with Crippen molar-refractivity contribution in [1.82, 2.24) is 0 Å². The summed E-state index contributed by atoms with van der Waals surface area (Å²) in [6, 6.07) is 7.44. The molecule has 2 rings (SSSR count). The average Bonchev–Trinajstić information content (AvgIpc) is 2.71. The fourth-order valence-corrected chi connectivity index (χ4v) is 2.57. The van der Waals surface area contributed by atoms with Gasteiger partial charge in [-0.05, 0) is 62.9 Å². The molecule has 0 aliphatic carbocycles. The lowest BCUT2D eigenvalue weighted by molar-refractivity contribution is 0.618. The standard InChI is InChI=1S/C14H22N2/c1-11-5-6-14(10-12(11)2)16-9-3-4-13(16)7-8-15/h5-6,10,13H,3-4,7-9,15H2,1-2H3. The van der Waals surface area contributed by atoms with Gasteiger partial charge in [0.15, 0.2) is 0 Å². The van der Waals surface area contributed by atoms with Crippen molar-refractivity contribution < 1.29 is 0 Å². The van der Waals surface area contributed by atoms with Crippen LogP contribution in [0.4, 0.5) is 5.69 Å². The molecule has 1 heterocycles. The van der Waals surface area contributed by atoms with Crippen molar-refractivity contribution in [2.75, 3.05) is 18.0 Å². The van der Waals surface area contributed by atoms with Crippen LogP contribution in [-0.2, 0) is 0 Å². The third kappa shape index (κ3) is 2.22. The first-order valence-electron chi connectivity index (χ1n) is 6.26. The zero-order valence-corrected chi connectivity index (χ0v) is 10.4. The molecule has 1 aromatic carbocycles. The van der Waals surface area contributed by atoms with E-state index >= 15 is 0 Å². The van der Waals surface area contributed by atoms with Gasteiger partial charge in [0.25, 0.3) is 0 Å². The Morgan fingerprint density at radius 1 is 1.31 bits per heavy atom. The van der Waals surface area contributed by atoms with Gasteiger partial charge in [-0.25, -0.2) is 0 Å². The van der Waals surface area contributed by atoms with Gasteiger partial charge in [-0.1, -0.05) is 6.07 Å². The number of rotatable bonds is 3. The van der Waals surface area contributed by atoms with Crippen LogP contribution in [0.3, 0.4) is 0 Å². The summed E-state index contributed by atoms with van der Waals surface area (Å²) in [5.41, 5.74) is 9.81. The van der Waals surface area contributed by atoms with Crippen LogP contribution in [0.25, 0.3) is 0 Å². The van der Waals surface area contributed by atoms with E-state index < -0.39 is 0 Å². The minimum absolute atomic E-state index is 0.659. The highest BCUT2D eigenvalue weighted by Crippen LogP contribution is 2.28. The SMILES string of the molecule is Cc1ccc(N2CCCC2CCN)cc1C. The number of nitrogens with zero attached hydrogens (tertiary/aromatic N) is 1. The Balaban J connectivity index is 2.19. The van der Waals surface area contributed by atoms with E-state index in [-0.39, 0.29) is 0 Å². The van der Waals surface area contributed by atoms with Crippen LogP contribution in [0, 0.1) is 13.8 Å². The van der Waals surface area contributed by atoms with E-state index in [4.69, 9.17) is 5.73 Å². The van der Waals surface area contributed by atoms with Crippen molar-refractivity contribution in [3.63, 3.8) is 0 Å². The molecule has 0 amide bonds. The molecule has 1 aromatic rings. The summed E-state index contributed by atoms with van der Waals surface area (Å²) in [5.74, 6) is 0. The summed E-state index contributed by atoms with van der Waals surface area (Å²) < 4.78 is 0. The Morgan fingerprint density at radius 2 is 2.12 bits per heavy atom. The zero-order valence-electron chi connectivity index (χ0n) is 10.4. The molecule has 0 spiro atoms. The van der Waals surface area contributed by atoms with E-state index in [1.807, 2.05) is 0 Å². The van der Waals surface area contributed by atoms with Crippen LogP contribution in [0.15, 0.2) is 18.2 Å². The highest BCUT2D eigenvalue weighted by Gasteiger charge is 2.23. The van der Waals surface area contributed by atoms with Gasteiger partial charge in [-0.15, -0.1) is 0 Å². The minimum atomic E-state index is 0.659. The summed E-state index contributed by atoms with van der Waals surface area (Å²) >= 11 is 0. The van der Waals surface area contributed by atoms with Crippen LogP contribution in [-0.4, -0.2) is 19.1 Å². The number of benzene rings is 1. The van der Waals surface area contributed by atoms with Gasteiger partial charge in [0, 0.05) is 18.3 Å². The van der Waals surface area contributed by atoms with Gasteiger partial charge in [0.05, 0.1) is 0 Å². The topological polar surface area (TPSA) is 29.3 Å². The Morgan fingerprint density at radius 3 is 2.81 bits per heavy atom. The molecular weight excluding hydrogens is 196 g/mol. The second kappa shape index (κ2) is 4.88. The maximum atomic E-state index is 5.68. The van der Waals surface area contributed by atoms with Crippen molar-refractivity contribution in [2.24, 2.45) is 5.73 Å². The molecule has 1 saturated heterocycles. The number of anilines is 1. The van der Waals surface area contributed by atoms with Crippen molar-refractivity contribution in [3.05, 3.63) is 29.3 Å². The lowest BCUT2D eigenvalue weighted by Crippen LogP contribution is -2.31. The lowest BCUT2D eigenvalue weighted by Gasteiger charge is -2.27. The molecule has 1 atom stereocenters. The number of hydrogen-bond acceptors (Lipinski definition) is 2. The quantitative estimate of drug-likeness (QED) is 0.845. The minimum Gasteiger partial charge on any atom is -0.368 e. The third-order valence-corrected chi connectivity index (χ3v) is 3.70. The largest absolute Gasteiger partial charge is 0.368 e. The Hall–Kier alpha value is -1.02. The Bertz CT molecular complexity index is 360. The summed E-state index contributed by atoms with van der Waals surface area (Å²) in [6.45, 7) is 6.34. The molecule has 0 saturated carbocycles. The van der Waals surface area contributed by atoms with E-state index in [1.54, 1.807) is 0 Å². The summed E-state index contributed by atoms with van der Waals surface area (Å²) in [4.78, 5) is 2.53. The summed E-state index contributed by atoms with van der Waals surface area (Å²) in [6.07, 6.45) is 3.72. The number of nitrogens with two attached hydrogens (primary N) is 1. The fraction of sp³-hybridized carbons (Fsp3) is 0.571. The number of aryl methyl sites for hydroxylation is 2. The second-order valence-electron chi connectivity index (χ2n) is 4.84. The summed E-state index contributed by atoms with van der Waals surface area (Å²) in [7, 11) is 0. The molecule has 2 N–H and O–H groups in total. The molecule has 0 bridgehead atoms. The van der Waals surface area contributed by atoms with Crippen LogP contribution >= 0.6 is 0 Å². The summed E-state index contributed by atoms with van der Waals surface area (Å²) in [5, 5.41) is 0. The molecule has 2 nitrogen and oxygen atoms in total. The molecular formula is C14H22N2. The van der Waals surface area contributed by atoms with Gasteiger partial charge in [-0.2, -0.15) is 0 Å². The van der Waals surface area contributed by atoms with Crippen LogP contribution in [0.1, 0.15) is 30.4 Å². The first-order valence-corrected chi connectivity index (χ1v) is 6.26. The second-order valence-corrected chi connectivity index (χ2v) is 4.84. The highest BCUT2D eigenvalue weighted by atomic mass is 15.2. The van der Waals surface area contributed by atoms with Crippen molar-refractivity contribution in [3.8, 4) is 0 Å². The van der Waals surface area contributed by atoms with Gasteiger partial charge in [0.1, 0.15) is 0 Å². The molecule has 1 aliphatic rings.